The average molecular weight is 342 g/mol. The highest BCUT2D eigenvalue weighted by Crippen LogP contribution is 2.31. The molecule has 0 spiro atoms. The summed E-state index contributed by atoms with van der Waals surface area (Å²) in [5, 5.41) is 4.16. The summed E-state index contributed by atoms with van der Waals surface area (Å²) in [4.78, 5) is 11.5. The Bertz CT molecular complexity index is 677. The summed E-state index contributed by atoms with van der Waals surface area (Å²) in [5.41, 5.74) is 1.95. The zero-order chi connectivity index (χ0) is 17.1. The highest BCUT2D eigenvalue weighted by atomic mass is 16.5. The van der Waals surface area contributed by atoms with E-state index >= 15 is 0 Å². The van der Waals surface area contributed by atoms with E-state index in [1.165, 1.54) is 18.5 Å². The summed E-state index contributed by atoms with van der Waals surface area (Å²) in [6.45, 7) is 5.21. The van der Waals surface area contributed by atoms with E-state index < -0.39 is 0 Å². The molecule has 2 aromatic rings. The third-order valence-corrected chi connectivity index (χ3v) is 5.22. The fourth-order valence-electron chi connectivity index (χ4n) is 3.81. The van der Waals surface area contributed by atoms with Crippen LogP contribution >= 0.6 is 0 Å². The SMILES string of the molecule is CCC[C@@H]1C[C@H](c2nc(-c3ccc(N4CCCC4)cn3)no2)CCO1. The molecule has 0 bridgehead atoms. The summed E-state index contributed by atoms with van der Waals surface area (Å²) < 4.78 is 11.4. The van der Waals surface area contributed by atoms with Crippen LogP contribution in [0, 0.1) is 0 Å². The Hall–Kier alpha value is -1.95. The molecule has 6 nitrogen and oxygen atoms in total. The molecule has 2 aromatic heterocycles. The van der Waals surface area contributed by atoms with Gasteiger partial charge in [-0.2, -0.15) is 4.98 Å². The van der Waals surface area contributed by atoms with E-state index in [0.717, 1.165) is 57.0 Å². The predicted molar refractivity (Wildman–Crippen MR) is 95.6 cm³/mol. The Morgan fingerprint density at radius 2 is 2.12 bits per heavy atom. The quantitative estimate of drug-likeness (QED) is 0.823. The van der Waals surface area contributed by atoms with Gasteiger partial charge in [-0.05, 0) is 44.2 Å². The van der Waals surface area contributed by atoms with Crippen molar-refractivity contribution in [2.45, 2.75) is 57.5 Å². The van der Waals surface area contributed by atoms with Crippen LogP contribution in [0.15, 0.2) is 22.9 Å². The first-order chi connectivity index (χ1) is 12.3. The van der Waals surface area contributed by atoms with Gasteiger partial charge in [-0.1, -0.05) is 18.5 Å². The minimum Gasteiger partial charge on any atom is -0.378 e. The lowest BCUT2D eigenvalue weighted by molar-refractivity contribution is -0.00302. The van der Waals surface area contributed by atoms with Gasteiger partial charge in [0.15, 0.2) is 0 Å². The van der Waals surface area contributed by atoms with Crippen LogP contribution in [0.2, 0.25) is 0 Å². The summed E-state index contributed by atoms with van der Waals surface area (Å²) >= 11 is 0. The number of nitrogens with zero attached hydrogens (tertiary/aromatic N) is 4. The molecule has 2 fully saturated rings. The highest BCUT2D eigenvalue weighted by molar-refractivity contribution is 5.54. The number of hydrogen-bond donors (Lipinski definition) is 0. The molecule has 0 amide bonds. The Morgan fingerprint density at radius 3 is 2.88 bits per heavy atom. The van der Waals surface area contributed by atoms with Crippen LogP contribution in [0.4, 0.5) is 5.69 Å². The number of hydrogen-bond acceptors (Lipinski definition) is 6. The van der Waals surface area contributed by atoms with Crippen molar-refractivity contribution in [3.8, 4) is 11.5 Å². The predicted octanol–water partition coefficient (Wildman–Crippen LogP) is 3.79. The molecular formula is C19H26N4O2. The Morgan fingerprint density at radius 1 is 1.24 bits per heavy atom. The van der Waals surface area contributed by atoms with Gasteiger partial charge in [0.05, 0.1) is 18.0 Å². The van der Waals surface area contributed by atoms with Crippen molar-refractivity contribution in [1.82, 2.24) is 15.1 Å². The summed E-state index contributed by atoms with van der Waals surface area (Å²) in [6.07, 6.45) is 8.91. The van der Waals surface area contributed by atoms with Gasteiger partial charge in [0.25, 0.3) is 0 Å². The van der Waals surface area contributed by atoms with Gasteiger partial charge in [0.1, 0.15) is 5.69 Å². The minimum absolute atomic E-state index is 0.301. The van der Waals surface area contributed by atoms with Crippen LogP contribution in [0.3, 0.4) is 0 Å². The van der Waals surface area contributed by atoms with Crippen LogP contribution in [0.5, 0.6) is 0 Å². The maximum Gasteiger partial charge on any atom is 0.230 e. The van der Waals surface area contributed by atoms with E-state index in [4.69, 9.17) is 9.26 Å². The van der Waals surface area contributed by atoms with E-state index in [2.05, 4.69) is 33.0 Å². The molecule has 0 aromatic carbocycles. The van der Waals surface area contributed by atoms with Gasteiger partial charge in [-0.15, -0.1) is 0 Å². The standard InChI is InChI=1S/C19H26N4O2/c1-2-5-16-12-14(8-11-24-16)19-21-18(22-25-19)17-7-6-15(13-20-17)23-9-3-4-10-23/h6-7,13-14,16H,2-5,8-12H2,1H3/t14-,16-/m1/s1. The van der Waals surface area contributed by atoms with Gasteiger partial charge in [0.2, 0.25) is 11.7 Å². The molecular weight excluding hydrogens is 316 g/mol. The van der Waals surface area contributed by atoms with E-state index in [0.29, 0.717) is 17.8 Å². The number of ether oxygens (including phenoxy) is 1. The molecule has 4 rings (SSSR count). The molecule has 134 valence electrons. The molecule has 0 unspecified atom stereocenters. The number of pyridine rings is 1. The molecule has 2 aliphatic rings. The maximum absolute atomic E-state index is 5.82. The molecule has 0 radical (unpaired) electrons. The summed E-state index contributed by atoms with van der Waals surface area (Å²) in [5.74, 6) is 1.61. The second-order valence-electron chi connectivity index (χ2n) is 7.05. The highest BCUT2D eigenvalue weighted by Gasteiger charge is 2.28. The Balaban J connectivity index is 1.45. The summed E-state index contributed by atoms with van der Waals surface area (Å²) in [6, 6.07) is 4.10. The minimum atomic E-state index is 0.301. The molecule has 2 aliphatic heterocycles. The second-order valence-corrected chi connectivity index (χ2v) is 7.05. The monoisotopic (exact) mass is 342 g/mol. The van der Waals surface area contributed by atoms with Crippen LogP contribution in [0.25, 0.3) is 11.5 Å². The Labute approximate surface area is 148 Å². The van der Waals surface area contributed by atoms with Crippen molar-refractivity contribution in [3.63, 3.8) is 0 Å². The van der Waals surface area contributed by atoms with E-state index in [9.17, 15) is 0 Å². The lowest BCUT2D eigenvalue weighted by Crippen LogP contribution is -2.24. The van der Waals surface area contributed by atoms with Crippen LogP contribution in [-0.2, 0) is 4.74 Å². The largest absolute Gasteiger partial charge is 0.378 e. The number of anilines is 1. The summed E-state index contributed by atoms with van der Waals surface area (Å²) in [7, 11) is 0. The molecule has 2 saturated heterocycles. The maximum atomic E-state index is 5.82. The zero-order valence-corrected chi connectivity index (χ0v) is 14.9. The van der Waals surface area contributed by atoms with Gasteiger partial charge >= 0.3 is 0 Å². The fourth-order valence-corrected chi connectivity index (χ4v) is 3.81. The average Bonchev–Trinajstić information content (AvgIpc) is 3.35. The van der Waals surface area contributed by atoms with Crippen molar-refractivity contribution >= 4 is 5.69 Å². The third kappa shape index (κ3) is 3.68. The molecule has 0 N–H and O–H groups in total. The topological polar surface area (TPSA) is 64.3 Å². The van der Waals surface area contributed by atoms with Crippen molar-refractivity contribution in [1.29, 1.82) is 0 Å². The molecule has 0 aliphatic carbocycles. The van der Waals surface area contributed by atoms with Gasteiger partial charge in [0, 0.05) is 25.6 Å². The number of aromatic nitrogens is 3. The second kappa shape index (κ2) is 7.52. The molecule has 6 heteroatoms. The molecule has 2 atom stereocenters. The first kappa shape index (κ1) is 16.5. The van der Waals surface area contributed by atoms with E-state index in [-0.39, 0.29) is 0 Å². The smallest absolute Gasteiger partial charge is 0.230 e. The Kier molecular flexibility index (Phi) is 4.97. The fraction of sp³-hybridized carbons (Fsp3) is 0.632. The zero-order valence-electron chi connectivity index (χ0n) is 14.9. The molecule has 4 heterocycles. The first-order valence-corrected chi connectivity index (χ1v) is 9.50. The van der Waals surface area contributed by atoms with Gasteiger partial charge in [-0.3, -0.25) is 4.98 Å². The van der Waals surface area contributed by atoms with Crippen LogP contribution < -0.4 is 4.90 Å². The van der Waals surface area contributed by atoms with Crippen molar-refractivity contribution in [2.24, 2.45) is 0 Å². The van der Waals surface area contributed by atoms with Crippen molar-refractivity contribution in [2.75, 3.05) is 24.6 Å². The molecule has 25 heavy (non-hydrogen) atoms. The van der Waals surface area contributed by atoms with E-state index in [1.54, 1.807) is 0 Å². The van der Waals surface area contributed by atoms with Crippen LogP contribution in [0.1, 0.15) is 57.3 Å². The van der Waals surface area contributed by atoms with E-state index in [1.807, 2.05) is 12.3 Å². The lowest BCUT2D eigenvalue weighted by atomic mass is 9.93. The van der Waals surface area contributed by atoms with Crippen molar-refractivity contribution < 1.29 is 9.26 Å². The lowest BCUT2D eigenvalue weighted by Gasteiger charge is -2.27. The first-order valence-electron chi connectivity index (χ1n) is 9.50. The number of rotatable bonds is 5. The van der Waals surface area contributed by atoms with Crippen molar-refractivity contribution in [3.05, 3.63) is 24.2 Å². The normalized spacial score (nSPS) is 24.0. The molecule has 0 saturated carbocycles. The third-order valence-electron chi connectivity index (χ3n) is 5.22. The van der Waals surface area contributed by atoms with Gasteiger partial charge in [-0.25, -0.2) is 0 Å². The van der Waals surface area contributed by atoms with Gasteiger partial charge < -0.3 is 14.2 Å². The van der Waals surface area contributed by atoms with Crippen LogP contribution in [-0.4, -0.2) is 40.9 Å².